The molecule has 3 rings (SSSR count). The summed E-state index contributed by atoms with van der Waals surface area (Å²) in [5.74, 6) is 0. The number of rotatable bonds is 0. The average molecular weight is 433 g/mol. The van der Waals surface area contributed by atoms with Gasteiger partial charge in [0, 0.05) is 0 Å². The van der Waals surface area contributed by atoms with E-state index in [9.17, 15) is 0 Å². The van der Waals surface area contributed by atoms with E-state index in [1.165, 1.54) is 128 Å². The molecule has 0 atom stereocenters. The largest absolute Gasteiger partial charge is 0.0617 e. The molecule has 176 valence electrons. The molecular weight excluding hydrogens is 384 g/mol. The van der Waals surface area contributed by atoms with Crippen molar-refractivity contribution in [2.75, 3.05) is 0 Å². The average Bonchev–Trinajstić information content (AvgIpc) is 2.81. The van der Waals surface area contributed by atoms with Gasteiger partial charge in [0.1, 0.15) is 0 Å². The summed E-state index contributed by atoms with van der Waals surface area (Å²) in [6.45, 7) is 0. The predicted octanol–water partition coefficient (Wildman–Crippen LogP) is 9.81. The molecular formula is C32H48. The van der Waals surface area contributed by atoms with Gasteiger partial charge in [0.2, 0.25) is 0 Å². The van der Waals surface area contributed by atoms with Crippen molar-refractivity contribution in [1.82, 2.24) is 0 Å². The molecule has 1 aliphatic carbocycles. The Hall–Kier alpha value is -1.56. The molecule has 0 aromatic heterocycles. The van der Waals surface area contributed by atoms with Crippen molar-refractivity contribution in [1.29, 1.82) is 0 Å². The number of hydrogen-bond donors (Lipinski definition) is 0. The van der Waals surface area contributed by atoms with Crippen molar-refractivity contribution in [3.63, 3.8) is 0 Å². The van der Waals surface area contributed by atoms with Gasteiger partial charge in [-0.1, -0.05) is 126 Å². The normalized spacial score (nSPS) is 19.2. The Kier molecular flexibility index (Phi) is 12.6. The van der Waals surface area contributed by atoms with Crippen LogP contribution >= 0.6 is 0 Å². The molecule has 0 spiro atoms. The highest BCUT2D eigenvalue weighted by atomic mass is 14.1. The van der Waals surface area contributed by atoms with Crippen molar-refractivity contribution >= 4 is 0 Å². The van der Waals surface area contributed by atoms with Crippen LogP contribution in [-0.4, -0.2) is 0 Å². The monoisotopic (exact) mass is 432 g/mol. The summed E-state index contributed by atoms with van der Waals surface area (Å²) in [7, 11) is 0. The first-order chi connectivity index (χ1) is 15.9. The fourth-order valence-corrected chi connectivity index (χ4v) is 5.32. The molecule has 0 heterocycles. The Morgan fingerprint density at radius 1 is 0.281 bits per heavy atom. The lowest BCUT2D eigenvalue weighted by Gasteiger charge is -2.08. The maximum absolute atomic E-state index is 2.49. The zero-order valence-electron chi connectivity index (χ0n) is 20.8. The summed E-state index contributed by atoms with van der Waals surface area (Å²) in [4.78, 5) is 0. The van der Waals surface area contributed by atoms with Crippen LogP contribution in [0, 0.1) is 0 Å². The molecule has 1 aliphatic rings. The second-order valence-corrected chi connectivity index (χ2v) is 10.3. The van der Waals surface area contributed by atoms with Crippen molar-refractivity contribution in [3.05, 3.63) is 70.8 Å². The third-order valence-corrected chi connectivity index (χ3v) is 7.34. The Labute approximate surface area is 199 Å². The number of aryl methyl sites for hydroxylation is 4. The van der Waals surface area contributed by atoms with Crippen LogP contribution in [0.5, 0.6) is 0 Å². The first kappa shape index (κ1) is 25.1. The zero-order valence-corrected chi connectivity index (χ0v) is 20.8. The molecule has 2 aromatic rings. The van der Waals surface area contributed by atoms with Crippen molar-refractivity contribution in [2.45, 2.75) is 128 Å². The van der Waals surface area contributed by atoms with Crippen molar-refractivity contribution in [3.8, 4) is 0 Å². The second kappa shape index (κ2) is 16.1. The van der Waals surface area contributed by atoms with E-state index in [2.05, 4.69) is 48.5 Å². The molecule has 0 heteroatoms. The summed E-state index contributed by atoms with van der Waals surface area (Å²) < 4.78 is 0. The maximum atomic E-state index is 2.49. The van der Waals surface area contributed by atoms with Crippen molar-refractivity contribution in [2.24, 2.45) is 0 Å². The van der Waals surface area contributed by atoms with Gasteiger partial charge in [0.05, 0.1) is 0 Å². The smallest absolute Gasteiger partial charge is 0.0279 e. The highest BCUT2D eigenvalue weighted by Gasteiger charge is 2.01. The van der Waals surface area contributed by atoms with E-state index in [1.54, 1.807) is 22.3 Å². The minimum absolute atomic E-state index is 1.27. The number of benzene rings is 2. The number of hydrogen-bond acceptors (Lipinski definition) is 0. The summed E-state index contributed by atoms with van der Waals surface area (Å²) in [6.07, 6.45) is 27.5. The SMILES string of the molecule is c1cc2cc(c1)CCCCCCCCCCc1cccc(c1)CCCCCCCCCC2. The minimum atomic E-state index is 1.27. The van der Waals surface area contributed by atoms with Crippen LogP contribution in [0.1, 0.15) is 125 Å². The third-order valence-electron chi connectivity index (χ3n) is 7.34. The van der Waals surface area contributed by atoms with Crippen LogP contribution in [0.25, 0.3) is 0 Å². The van der Waals surface area contributed by atoms with Crippen molar-refractivity contribution < 1.29 is 0 Å². The molecule has 0 amide bonds. The Bertz CT molecular complexity index is 610. The molecule has 0 unspecified atom stereocenters. The molecule has 0 saturated heterocycles. The molecule has 0 aliphatic heterocycles. The lowest BCUT2D eigenvalue weighted by Crippen LogP contribution is -1.92. The van der Waals surface area contributed by atoms with Crippen LogP contribution in [0.15, 0.2) is 48.5 Å². The van der Waals surface area contributed by atoms with Gasteiger partial charge in [-0.05, 0) is 73.6 Å². The highest BCUT2D eigenvalue weighted by Crippen LogP contribution is 2.17. The Balaban J connectivity index is 1.41. The Morgan fingerprint density at radius 2 is 0.500 bits per heavy atom. The van der Waals surface area contributed by atoms with Gasteiger partial charge in [0.25, 0.3) is 0 Å². The van der Waals surface area contributed by atoms with E-state index in [-0.39, 0.29) is 0 Å². The van der Waals surface area contributed by atoms with Crippen LogP contribution in [0.2, 0.25) is 0 Å². The summed E-state index contributed by atoms with van der Waals surface area (Å²) in [5, 5.41) is 0. The second-order valence-electron chi connectivity index (χ2n) is 10.3. The van der Waals surface area contributed by atoms with Gasteiger partial charge in [-0.3, -0.25) is 0 Å². The summed E-state index contributed by atoms with van der Waals surface area (Å²) in [6, 6.07) is 18.9. The van der Waals surface area contributed by atoms with E-state index in [0.717, 1.165) is 0 Å². The van der Waals surface area contributed by atoms with E-state index < -0.39 is 0 Å². The van der Waals surface area contributed by atoms with Gasteiger partial charge in [0.15, 0.2) is 0 Å². The van der Waals surface area contributed by atoms with Gasteiger partial charge >= 0.3 is 0 Å². The minimum Gasteiger partial charge on any atom is -0.0617 e. The quantitative estimate of drug-likeness (QED) is 0.388. The summed E-state index contributed by atoms with van der Waals surface area (Å²) in [5.41, 5.74) is 6.25. The van der Waals surface area contributed by atoms with Gasteiger partial charge in [-0.2, -0.15) is 0 Å². The lowest BCUT2D eigenvalue weighted by molar-refractivity contribution is 0.565. The highest BCUT2D eigenvalue weighted by molar-refractivity contribution is 5.24. The van der Waals surface area contributed by atoms with Crippen LogP contribution < -0.4 is 0 Å². The number of fused-ring (bicyclic) bond motifs is 4. The van der Waals surface area contributed by atoms with Gasteiger partial charge in [-0.25, -0.2) is 0 Å². The standard InChI is InChI=1S/C32H48/c1-2-6-10-14-20-30-24-18-26-32(28-30)22-16-12-8-4-3-7-11-15-21-31-25-17-23-29(27-31)19-13-9-5-1/h17-18,23-28H,1-16,19-22H2. The van der Waals surface area contributed by atoms with Crippen LogP contribution in [0.4, 0.5) is 0 Å². The zero-order chi connectivity index (χ0) is 22.1. The molecule has 0 N–H and O–H groups in total. The fourth-order valence-electron chi connectivity index (χ4n) is 5.32. The van der Waals surface area contributed by atoms with E-state index in [0.29, 0.717) is 0 Å². The van der Waals surface area contributed by atoms with Crippen LogP contribution in [0.3, 0.4) is 0 Å². The predicted molar refractivity (Wildman–Crippen MR) is 142 cm³/mol. The fraction of sp³-hybridized carbons (Fsp3) is 0.625. The molecule has 2 aromatic carbocycles. The van der Waals surface area contributed by atoms with Gasteiger partial charge < -0.3 is 0 Å². The van der Waals surface area contributed by atoms with E-state index in [1.807, 2.05) is 0 Å². The lowest BCUT2D eigenvalue weighted by atomic mass is 9.98. The summed E-state index contributed by atoms with van der Waals surface area (Å²) >= 11 is 0. The molecule has 0 fully saturated rings. The maximum Gasteiger partial charge on any atom is -0.0279 e. The van der Waals surface area contributed by atoms with E-state index in [4.69, 9.17) is 0 Å². The Morgan fingerprint density at radius 3 is 0.750 bits per heavy atom. The molecule has 4 bridgehead atoms. The van der Waals surface area contributed by atoms with Crippen LogP contribution in [-0.2, 0) is 25.7 Å². The topological polar surface area (TPSA) is 0 Å². The molecule has 0 radical (unpaired) electrons. The third kappa shape index (κ3) is 10.8. The first-order valence-electron chi connectivity index (χ1n) is 14.1. The first-order valence-corrected chi connectivity index (χ1v) is 14.1. The van der Waals surface area contributed by atoms with Gasteiger partial charge in [-0.15, -0.1) is 0 Å². The molecule has 0 saturated carbocycles. The van der Waals surface area contributed by atoms with E-state index >= 15 is 0 Å². The molecule has 0 nitrogen and oxygen atoms in total. The molecule has 32 heavy (non-hydrogen) atoms.